The molecule has 0 saturated carbocycles. The normalized spacial score (nSPS) is 13.7. The lowest BCUT2D eigenvalue weighted by Gasteiger charge is -2.17. The van der Waals surface area contributed by atoms with Gasteiger partial charge in [-0.05, 0) is 6.92 Å². The van der Waals surface area contributed by atoms with Crippen LogP contribution in [-0.2, 0) is 11.2 Å². The summed E-state index contributed by atoms with van der Waals surface area (Å²) in [6.07, 6.45) is 0.617. The number of carbonyl (C=O) groups excluding carboxylic acids is 1. The molecule has 9 heteroatoms. The maximum atomic E-state index is 11.3. The molecule has 0 aliphatic heterocycles. The molecule has 0 radical (unpaired) electrons. The summed E-state index contributed by atoms with van der Waals surface area (Å²) in [5.41, 5.74) is 0. The Balaban J connectivity index is 2.30. The summed E-state index contributed by atoms with van der Waals surface area (Å²) in [5.74, 6) is -0.684. The van der Waals surface area contributed by atoms with Crippen molar-refractivity contribution in [3.8, 4) is 0 Å². The van der Waals surface area contributed by atoms with Crippen LogP contribution in [0.25, 0.3) is 0 Å². The summed E-state index contributed by atoms with van der Waals surface area (Å²) in [7, 11) is 0. The first-order chi connectivity index (χ1) is 8.50. The number of hydrogen-bond donors (Lipinski definition) is 5. The zero-order chi connectivity index (χ0) is 13.5. The Hall–Kier alpha value is -2.16. The highest BCUT2D eigenvalue weighted by atomic mass is 16.4. The van der Waals surface area contributed by atoms with E-state index in [4.69, 9.17) is 10.2 Å². The first-order valence-corrected chi connectivity index (χ1v) is 5.30. The molecule has 2 atom stereocenters. The Labute approximate surface area is 103 Å². The third-order valence-corrected chi connectivity index (χ3v) is 2.15. The number of hydrogen-bond acceptors (Lipinski definition) is 5. The summed E-state index contributed by atoms with van der Waals surface area (Å²) in [6, 6.07) is -2.00. The van der Waals surface area contributed by atoms with E-state index in [1.54, 1.807) is 0 Å². The Morgan fingerprint density at radius 3 is 2.78 bits per heavy atom. The molecule has 0 aliphatic carbocycles. The fraction of sp³-hybridized carbons (Fsp3) is 0.556. The molecule has 1 heterocycles. The maximum Gasteiger partial charge on any atom is 0.328 e. The molecule has 9 nitrogen and oxygen atoms in total. The number of carbonyl (C=O) groups is 2. The van der Waals surface area contributed by atoms with Crippen LogP contribution in [-0.4, -0.2) is 56.1 Å². The molecule has 0 fully saturated rings. The van der Waals surface area contributed by atoms with Crippen LogP contribution in [0.5, 0.6) is 0 Å². The second-order valence-electron chi connectivity index (χ2n) is 3.64. The van der Waals surface area contributed by atoms with E-state index in [9.17, 15) is 9.59 Å². The summed E-state index contributed by atoms with van der Waals surface area (Å²) in [4.78, 5) is 25.9. The van der Waals surface area contributed by atoms with Crippen LogP contribution in [0, 0.1) is 0 Å². The summed E-state index contributed by atoms with van der Waals surface area (Å²) >= 11 is 0. The quantitative estimate of drug-likeness (QED) is 0.419. The molecular weight excluding hydrogens is 242 g/mol. The molecule has 5 N–H and O–H groups in total. The van der Waals surface area contributed by atoms with Crippen molar-refractivity contribution in [2.45, 2.75) is 25.5 Å². The molecule has 0 aliphatic rings. The van der Waals surface area contributed by atoms with Crippen molar-refractivity contribution >= 4 is 12.0 Å². The molecule has 0 spiro atoms. The molecule has 18 heavy (non-hydrogen) atoms. The van der Waals surface area contributed by atoms with Crippen LogP contribution in [0.4, 0.5) is 4.79 Å². The average Bonchev–Trinajstić information content (AvgIpc) is 2.78. The molecular formula is C9H15N5O4. The topological polar surface area (TPSA) is 140 Å². The molecule has 1 aromatic heterocycles. The van der Waals surface area contributed by atoms with Gasteiger partial charge in [0.1, 0.15) is 12.2 Å². The lowest BCUT2D eigenvalue weighted by molar-refractivity contribution is -0.141. The summed E-state index contributed by atoms with van der Waals surface area (Å²) in [6.45, 7) is 1.56. The van der Waals surface area contributed by atoms with Crippen molar-refractivity contribution in [3.63, 3.8) is 0 Å². The predicted octanol–water partition coefficient (Wildman–Crippen LogP) is -1.52. The van der Waals surface area contributed by atoms with Gasteiger partial charge in [0.2, 0.25) is 0 Å². The zero-order valence-electron chi connectivity index (χ0n) is 9.75. The van der Waals surface area contributed by atoms with Crippen LogP contribution < -0.4 is 10.6 Å². The van der Waals surface area contributed by atoms with E-state index in [2.05, 4.69) is 25.8 Å². The highest BCUT2D eigenvalue weighted by molar-refractivity contribution is 5.82. The Kier molecular flexibility index (Phi) is 5.06. The van der Waals surface area contributed by atoms with Crippen LogP contribution in [0.3, 0.4) is 0 Å². The molecule has 2 unspecified atom stereocenters. The molecule has 100 valence electrons. The smallest absolute Gasteiger partial charge is 0.328 e. The number of aliphatic hydroxyl groups is 1. The molecule has 1 aromatic rings. The van der Waals surface area contributed by atoms with Crippen LogP contribution in [0.1, 0.15) is 12.7 Å². The van der Waals surface area contributed by atoms with E-state index in [-0.39, 0.29) is 6.54 Å². The predicted molar refractivity (Wildman–Crippen MR) is 59.7 cm³/mol. The van der Waals surface area contributed by atoms with Gasteiger partial charge < -0.3 is 20.8 Å². The molecule has 0 aromatic carbocycles. The van der Waals surface area contributed by atoms with Gasteiger partial charge in [0.15, 0.2) is 6.04 Å². The van der Waals surface area contributed by atoms with Crippen molar-refractivity contribution in [3.05, 3.63) is 12.2 Å². The average molecular weight is 257 g/mol. The number of amides is 2. The number of rotatable bonds is 6. The van der Waals surface area contributed by atoms with Gasteiger partial charge in [-0.1, -0.05) is 0 Å². The van der Waals surface area contributed by atoms with Crippen molar-refractivity contribution in [1.82, 2.24) is 25.8 Å². The minimum Gasteiger partial charge on any atom is -0.480 e. The van der Waals surface area contributed by atoms with Gasteiger partial charge >= 0.3 is 12.0 Å². The van der Waals surface area contributed by atoms with E-state index < -0.39 is 24.1 Å². The summed E-state index contributed by atoms with van der Waals surface area (Å²) in [5, 5.41) is 28.8. The minimum absolute atomic E-state index is 0.271. The van der Waals surface area contributed by atoms with E-state index >= 15 is 0 Å². The van der Waals surface area contributed by atoms with Gasteiger partial charge in [0.25, 0.3) is 0 Å². The van der Waals surface area contributed by atoms with Crippen molar-refractivity contribution in [2.75, 3.05) is 6.54 Å². The van der Waals surface area contributed by atoms with Crippen LogP contribution in [0.2, 0.25) is 0 Å². The van der Waals surface area contributed by atoms with Gasteiger partial charge in [0.05, 0.1) is 6.10 Å². The highest BCUT2D eigenvalue weighted by Crippen LogP contribution is 1.93. The van der Waals surface area contributed by atoms with Gasteiger partial charge in [-0.25, -0.2) is 14.6 Å². The van der Waals surface area contributed by atoms with E-state index in [0.717, 1.165) is 0 Å². The second kappa shape index (κ2) is 6.55. The number of carboxylic acids is 1. The van der Waals surface area contributed by atoms with Crippen molar-refractivity contribution in [1.29, 1.82) is 0 Å². The lowest BCUT2D eigenvalue weighted by atomic mass is 10.2. The fourth-order valence-corrected chi connectivity index (χ4v) is 1.23. The Bertz CT molecular complexity index is 392. The number of urea groups is 1. The number of aliphatic hydroxyl groups excluding tert-OH is 1. The van der Waals surface area contributed by atoms with Crippen molar-refractivity contribution < 1.29 is 19.8 Å². The molecule has 1 rings (SSSR count). The monoisotopic (exact) mass is 257 g/mol. The zero-order valence-corrected chi connectivity index (χ0v) is 9.75. The lowest BCUT2D eigenvalue weighted by Crippen LogP contribution is -2.51. The Morgan fingerprint density at radius 2 is 2.28 bits per heavy atom. The molecule has 0 bridgehead atoms. The first kappa shape index (κ1) is 13.9. The number of carboxylic acid groups (broad SMARTS) is 1. The third-order valence-electron chi connectivity index (χ3n) is 2.15. The van der Waals surface area contributed by atoms with Crippen LogP contribution in [0.15, 0.2) is 6.33 Å². The van der Waals surface area contributed by atoms with E-state index in [0.29, 0.717) is 12.2 Å². The number of aromatic nitrogens is 3. The largest absolute Gasteiger partial charge is 0.480 e. The second-order valence-corrected chi connectivity index (χ2v) is 3.64. The Morgan fingerprint density at radius 1 is 1.56 bits per heavy atom. The standard InChI is InChI=1S/C9H15N5O4/c1-5(15)7(8(16)17)13-9(18)10-3-2-6-11-4-12-14-6/h4-5,7,15H,2-3H2,1H3,(H,16,17)(H2,10,13,18)(H,11,12,14). The molecule has 2 amide bonds. The van der Waals surface area contributed by atoms with Gasteiger partial charge in [-0.15, -0.1) is 0 Å². The minimum atomic E-state index is -1.34. The highest BCUT2D eigenvalue weighted by Gasteiger charge is 2.24. The molecule has 0 saturated heterocycles. The maximum absolute atomic E-state index is 11.3. The number of nitrogens with zero attached hydrogens (tertiary/aromatic N) is 2. The van der Waals surface area contributed by atoms with E-state index in [1.165, 1.54) is 13.3 Å². The number of aromatic amines is 1. The van der Waals surface area contributed by atoms with Gasteiger partial charge in [-0.3, -0.25) is 5.10 Å². The summed E-state index contributed by atoms with van der Waals surface area (Å²) < 4.78 is 0. The SMILES string of the molecule is CC(O)C(NC(=O)NCCc1ncn[nH]1)C(=O)O. The fourth-order valence-electron chi connectivity index (χ4n) is 1.23. The van der Waals surface area contributed by atoms with E-state index in [1.807, 2.05) is 0 Å². The number of aliphatic carboxylic acids is 1. The van der Waals surface area contributed by atoms with Gasteiger partial charge in [0, 0.05) is 13.0 Å². The first-order valence-electron chi connectivity index (χ1n) is 5.30. The number of nitrogens with one attached hydrogen (secondary N) is 3. The van der Waals surface area contributed by atoms with Crippen molar-refractivity contribution in [2.24, 2.45) is 0 Å². The van der Waals surface area contributed by atoms with Crippen LogP contribution >= 0.6 is 0 Å². The number of H-pyrrole nitrogens is 1. The third kappa shape index (κ3) is 4.37. The van der Waals surface area contributed by atoms with Gasteiger partial charge in [-0.2, -0.15) is 5.10 Å².